The zero-order valence-corrected chi connectivity index (χ0v) is 37.6. The van der Waals surface area contributed by atoms with Gasteiger partial charge in [-0.05, 0) is 176 Å². The molecule has 1 N–H and O–H groups in total. The van der Waals surface area contributed by atoms with Crippen molar-refractivity contribution in [3.8, 4) is 78.1 Å². The standard InChI is InChI=1S/C59H54N2O2/c1-36-31-57(60-41(6)38(36)3)47-25-21-45(22-26-47)53-17-11-13-19-55(53)50-33-49(52-16-10-9-15-44(52)29-30-59(63)40(5)43(8)62)34-51(35-50)56-20-14-12-18-54(56)46-23-27-48(28-24-46)58-32-37(2)39(4)42(7)61-58/h9-28,31-35,62H,29-30H2,1-8H3/b43-40-. The van der Waals surface area contributed by atoms with E-state index in [0.29, 0.717) is 18.4 Å². The Balaban J connectivity index is 1.25. The van der Waals surface area contributed by atoms with Gasteiger partial charge in [0.15, 0.2) is 5.78 Å². The molecule has 4 nitrogen and oxygen atoms in total. The Kier molecular flexibility index (Phi) is 12.2. The minimum Gasteiger partial charge on any atom is -0.512 e. The van der Waals surface area contributed by atoms with Gasteiger partial charge >= 0.3 is 0 Å². The summed E-state index contributed by atoms with van der Waals surface area (Å²) in [6, 6.07) is 54.4. The van der Waals surface area contributed by atoms with Crippen molar-refractivity contribution in [1.82, 2.24) is 9.97 Å². The molecule has 4 heteroatoms. The van der Waals surface area contributed by atoms with Gasteiger partial charge in [-0.15, -0.1) is 0 Å². The van der Waals surface area contributed by atoms with Crippen molar-refractivity contribution in [3.05, 3.63) is 202 Å². The van der Waals surface area contributed by atoms with Crippen LogP contribution in [0.4, 0.5) is 0 Å². The first kappa shape index (κ1) is 42.5. The van der Waals surface area contributed by atoms with Crippen LogP contribution in [0.15, 0.2) is 163 Å². The van der Waals surface area contributed by atoms with E-state index < -0.39 is 0 Å². The highest BCUT2D eigenvalue weighted by atomic mass is 16.3. The van der Waals surface area contributed by atoms with Crippen LogP contribution in [-0.4, -0.2) is 20.9 Å². The van der Waals surface area contributed by atoms with Crippen LogP contribution >= 0.6 is 0 Å². The number of aliphatic hydroxyl groups excluding tert-OH is 1. The summed E-state index contributed by atoms with van der Waals surface area (Å²) in [5, 5.41) is 10.1. The topological polar surface area (TPSA) is 63.1 Å². The number of pyridine rings is 2. The summed E-state index contributed by atoms with van der Waals surface area (Å²) < 4.78 is 0. The fourth-order valence-electron chi connectivity index (χ4n) is 8.45. The number of hydrogen-bond acceptors (Lipinski definition) is 4. The molecule has 0 spiro atoms. The minimum absolute atomic E-state index is 0.0500. The van der Waals surface area contributed by atoms with E-state index in [1.54, 1.807) is 13.8 Å². The second-order valence-electron chi connectivity index (χ2n) is 16.9. The maximum absolute atomic E-state index is 13.1. The molecule has 0 saturated carbocycles. The van der Waals surface area contributed by atoms with Crippen LogP contribution in [-0.2, 0) is 11.2 Å². The number of benzene rings is 6. The predicted octanol–water partition coefficient (Wildman–Crippen LogP) is 15.3. The number of allylic oxidation sites excluding steroid dienone is 2. The second kappa shape index (κ2) is 18.0. The van der Waals surface area contributed by atoms with Gasteiger partial charge in [-0.25, -0.2) is 0 Å². The van der Waals surface area contributed by atoms with Crippen molar-refractivity contribution >= 4 is 5.78 Å². The monoisotopic (exact) mass is 822 g/mol. The Hall–Kier alpha value is -7.17. The number of nitrogens with zero attached hydrogens (tertiary/aromatic N) is 2. The van der Waals surface area contributed by atoms with Gasteiger partial charge in [0.05, 0.1) is 17.1 Å². The lowest BCUT2D eigenvalue weighted by molar-refractivity contribution is -0.115. The zero-order chi connectivity index (χ0) is 44.4. The van der Waals surface area contributed by atoms with E-state index in [2.05, 4.69) is 187 Å². The summed E-state index contributed by atoms with van der Waals surface area (Å²) in [6.45, 7) is 16.0. The molecular formula is C59H54N2O2. The lowest BCUT2D eigenvalue weighted by atomic mass is 9.86. The van der Waals surface area contributed by atoms with Gasteiger partial charge < -0.3 is 5.11 Å². The van der Waals surface area contributed by atoms with E-state index in [9.17, 15) is 9.90 Å². The molecule has 6 aromatic carbocycles. The third kappa shape index (κ3) is 8.94. The van der Waals surface area contributed by atoms with Crippen LogP contribution in [0.25, 0.3) is 78.1 Å². The molecule has 0 atom stereocenters. The lowest BCUT2D eigenvalue weighted by Crippen LogP contribution is -2.04. The Bertz CT molecular complexity index is 2830. The number of carbonyl (C=O) groups is 1. The molecule has 0 amide bonds. The van der Waals surface area contributed by atoms with Crippen molar-refractivity contribution in [2.45, 2.75) is 68.2 Å². The van der Waals surface area contributed by atoms with Crippen molar-refractivity contribution in [2.24, 2.45) is 0 Å². The summed E-state index contributed by atoms with van der Waals surface area (Å²) >= 11 is 0. The zero-order valence-electron chi connectivity index (χ0n) is 37.6. The maximum Gasteiger partial charge on any atom is 0.162 e. The average molecular weight is 823 g/mol. The molecule has 0 aliphatic carbocycles. The highest BCUT2D eigenvalue weighted by Gasteiger charge is 2.17. The third-order valence-corrected chi connectivity index (χ3v) is 12.9. The number of ketones is 1. The van der Waals surface area contributed by atoms with Crippen molar-refractivity contribution in [2.75, 3.05) is 0 Å². The molecule has 0 saturated heterocycles. The van der Waals surface area contributed by atoms with Crippen LogP contribution in [0.3, 0.4) is 0 Å². The molecule has 312 valence electrons. The second-order valence-corrected chi connectivity index (χ2v) is 16.9. The average Bonchev–Trinajstić information content (AvgIpc) is 3.31. The molecule has 2 heterocycles. The van der Waals surface area contributed by atoms with E-state index in [0.717, 1.165) is 95.1 Å². The molecular weight excluding hydrogens is 769 g/mol. The summed E-state index contributed by atoms with van der Waals surface area (Å²) in [7, 11) is 0. The fraction of sp³-hybridized carbons (Fsp3) is 0.169. The fourth-order valence-corrected chi connectivity index (χ4v) is 8.45. The van der Waals surface area contributed by atoms with E-state index in [4.69, 9.17) is 9.97 Å². The first-order chi connectivity index (χ1) is 30.4. The first-order valence-electron chi connectivity index (χ1n) is 21.8. The third-order valence-electron chi connectivity index (χ3n) is 12.9. The summed E-state index contributed by atoms with van der Waals surface area (Å²) in [6.07, 6.45) is 0.855. The Labute approximate surface area is 372 Å². The molecule has 0 fully saturated rings. The number of hydrogen-bond donors (Lipinski definition) is 1. The summed E-state index contributed by atoms with van der Waals surface area (Å²) in [5.41, 5.74) is 23.8. The Morgan fingerprint density at radius 3 is 1.19 bits per heavy atom. The Morgan fingerprint density at radius 2 is 0.794 bits per heavy atom. The first-order valence-corrected chi connectivity index (χ1v) is 21.8. The molecule has 0 aliphatic rings. The number of Topliss-reactive ketones (excluding diaryl/α,β-unsaturated/α-hetero) is 1. The molecule has 0 radical (unpaired) electrons. The molecule has 0 aliphatic heterocycles. The number of carbonyl (C=O) groups excluding carboxylic acids is 1. The van der Waals surface area contributed by atoms with Gasteiger partial charge in [0.25, 0.3) is 0 Å². The van der Waals surface area contributed by atoms with Crippen LogP contribution < -0.4 is 0 Å². The molecule has 8 aromatic rings. The predicted molar refractivity (Wildman–Crippen MR) is 263 cm³/mol. The van der Waals surface area contributed by atoms with Crippen molar-refractivity contribution in [3.63, 3.8) is 0 Å². The van der Waals surface area contributed by atoms with Crippen LogP contribution in [0.5, 0.6) is 0 Å². The Morgan fingerprint density at radius 1 is 0.444 bits per heavy atom. The summed E-state index contributed by atoms with van der Waals surface area (Å²) in [4.78, 5) is 22.9. The molecule has 63 heavy (non-hydrogen) atoms. The molecule has 8 rings (SSSR count). The number of aromatic nitrogens is 2. The van der Waals surface area contributed by atoms with Gasteiger partial charge in [-0.3, -0.25) is 14.8 Å². The molecule has 0 bridgehead atoms. The smallest absolute Gasteiger partial charge is 0.162 e. The van der Waals surface area contributed by atoms with Crippen LogP contribution in [0.1, 0.15) is 59.5 Å². The lowest BCUT2D eigenvalue weighted by Gasteiger charge is -2.18. The minimum atomic E-state index is -0.0500. The van der Waals surface area contributed by atoms with Crippen LogP contribution in [0, 0.1) is 41.5 Å². The van der Waals surface area contributed by atoms with Gasteiger partial charge in [-0.1, -0.05) is 121 Å². The quantitative estimate of drug-likeness (QED) is 0.104. The van der Waals surface area contributed by atoms with E-state index in [-0.39, 0.29) is 11.5 Å². The van der Waals surface area contributed by atoms with E-state index in [1.165, 1.54) is 22.3 Å². The summed E-state index contributed by atoms with van der Waals surface area (Å²) in [5.74, 6) is 0.0206. The van der Waals surface area contributed by atoms with Gasteiger partial charge in [-0.2, -0.15) is 0 Å². The highest BCUT2D eigenvalue weighted by molar-refractivity contribution is 5.96. The van der Waals surface area contributed by atoms with E-state index in [1.807, 2.05) is 6.07 Å². The maximum atomic E-state index is 13.1. The molecule has 0 unspecified atom stereocenters. The number of aryl methyl sites for hydroxylation is 5. The molecule has 2 aromatic heterocycles. The highest BCUT2D eigenvalue weighted by Crippen LogP contribution is 2.41. The SMILES string of the molecule is C/C(O)=C(\C)C(=O)CCc1ccccc1-c1cc(-c2ccccc2-c2ccc(-c3cc(C)c(C)c(C)n3)cc2)cc(-c2ccccc2-c2ccc(-c3cc(C)c(C)c(C)n3)cc2)c1. The van der Waals surface area contributed by atoms with Crippen molar-refractivity contribution in [1.29, 1.82) is 0 Å². The van der Waals surface area contributed by atoms with E-state index >= 15 is 0 Å². The normalized spacial score (nSPS) is 11.7. The van der Waals surface area contributed by atoms with Gasteiger partial charge in [0.1, 0.15) is 0 Å². The van der Waals surface area contributed by atoms with Crippen molar-refractivity contribution < 1.29 is 9.90 Å². The number of rotatable bonds is 11. The largest absolute Gasteiger partial charge is 0.512 e. The number of aliphatic hydroxyl groups is 1. The van der Waals surface area contributed by atoms with Crippen LogP contribution in [0.2, 0.25) is 0 Å². The van der Waals surface area contributed by atoms with Gasteiger partial charge in [0.2, 0.25) is 0 Å². The van der Waals surface area contributed by atoms with Gasteiger partial charge in [0, 0.05) is 34.5 Å².